The van der Waals surface area contributed by atoms with Crippen molar-refractivity contribution in [3.8, 4) is 22.8 Å². The molecule has 196 valence electrons. The van der Waals surface area contributed by atoms with E-state index in [4.69, 9.17) is 20.2 Å². The van der Waals surface area contributed by atoms with Gasteiger partial charge in [-0.05, 0) is 67.8 Å². The summed E-state index contributed by atoms with van der Waals surface area (Å²) in [5.74, 6) is 2.03. The number of aryl methyl sites for hydroxylation is 1. The Labute approximate surface area is 221 Å². The number of nitrogens with two attached hydrogens (primary N) is 1. The highest BCUT2D eigenvalue weighted by atomic mass is 16.5. The summed E-state index contributed by atoms with van der Waals surface area (Å²) >= 11 is 0. The lowest BCUT2D eigenvalue weighted by molar-refractivity contribution is 0.197. The number of fused-ring (bicyclic) bond motifs is 1. The number of methoxy groups -OCH3 is 2. The minimum atomic E-state index is -0.0907. The van der Waals surface area contributed by atoms with Gasteiger partial charge in [0.05, 0.1) is 25.4 Å². The molecule has 2 amide bonds. The first kappa shape index (κ1) is 25.1. The molecule has 38 heavy (non-hydrogen) atoms. The number of hydrogen-bond acceptors (Lipinski definition) is 8. The number of nitrogens with one attached hydrogen (secondary N) is 2. The average molecular weight is 514 g/mol. The monoisotopic (exact) mass is 513 g/mol. The van der Waals surface area contributed by atoms with Crippen LogP contribution in [0.1, 0.15) is 18.4 Å². The summed E-state index contributed by atoms with van der Waals surface area (Å²) in [6, 6.07) is 17.3. The molecule has 0 spiro atoms. The van der Waals surface area contributed by atoms with E-state index in [-0.39, 0.29) is 18.0 Å². The second-order valence-corrected chi connectivity index (χ2v) is 9.27. The summed E-state index contributed by atoms with van der Waals surface area (Å²) in [5, 5.41) is 6.49. The van der Waals surface area contributed by atoms with Gasteiger partial charge in [0, 0.05) is 30.4 Å². The second kappa shape index (κ2) is 10.8. The highest BCUT2D eigenvalue weighted by Gasteiger charge is 2.24. The molecule has 0 unspecified atom stereocenters. The molecule has 10 nitrogen and oxygen atoms in total. The van der Waals surface area contributed by atoms with Gasteiger partial charge in [0.2, 0.25) is 5.95 Å². The summed E-state index contributed by atoms with van der Waals surface area (Å²) in [5.41, 5.74) is 10.8. The fourth-order valence-electron chi connectivity index (χ4n) is 4.63. The third-order valence-electron chi connectivity index (χ3n) is 6.63. The van der Waals surface area contributed by atoms with Gasteiger partial charge in [-0.25, -0.2) is 14.8 Å². The summed E-state index contributed by atoms with van der Waals surface area (Å²) in [6.45, 7) is 3.25. The number of likely N-dealkylation sites (tertiary alicyclic amines) is 1. The number of aromatic nitrogens is 3. The van der Waals surface area contributed by atoms with Crippen LogP contribution in [0.4, 0.5) is 22.2 Å². The molecule has 0 saturated carbocycles. The van der Waals surface area contributed by atoms with Crippen LogP contribution in [0.25, 0.3) is 22.3 Å². The molecule has 1 aliphatic heterocycles. The number of hydrogen-bond donors (Lipinski definition) is 3. The van der Waals surface area contributed by atoms with Crippen molar-refractivity contribution in [3.63, 3.8) is 0 Å². The Morgan fingerprint density at radius 3 is 2.50 bits per heavy atom. The molecule has 2 aromatic heterocycles. The van der Waals surface area contributed by atoms with Gasteiger partial charge in [-0.15, -0.1) is 0 Å². The number of benzene rings is 2. The van der Waals surface area contributed by atoms with Crippen LogP contribution in [0.5, 0.6) is 11.5 Å². The maximum atomic E-state index is 12.8. The molecule has 1 fully saturated rings. The summed E-state index contributed by atoms with van der Waals surface area (Å²) < 4.78 is 10.8. The van der Waals surface area contributed by atoms with Gasteiger partial charge in [-0.1, -0.05) is 12.1 Å². The lowest BCUT2D eigenvalue weighted by atomic mass is 10.1. The predicted molar refractivity (Wildman–Crippen MR) is 149 cm³/mol. The maximum Gasteiger partial charge on any atom is 0.321 e. The zero-order valence-electron chi connectivity index (χ0n) is 21.7. The molecule has 0 radical (unpaired) electrons. The Hall–Kier alpha value is -4.60. The number of nitrogens with zero attached hydrogens (tertiary/aromatic N) is 4. The fraction of sp³-hybridized carbons (Fsp3) is 0.286. The van der Waals surface area contributed by atoms with E-state index in [1.165, 1.54) is 0 Å². The van der Waals surface area contributed by atoms with E-state index in [2.05, 4.69) is 20.6 Å². The van der Waals surface area contributed by atoms with Gasteiger partial charge < -0.3 is 30.7 Å². The second-order valence-electron chi connectivity index (χ2n) is 9.27. The Balaban J connectivity index is 1.31. The third kappa shape index (κ3) is 5.39. The predicted octanol–water partition coefficient (Wildman–Crippen LogP) is 4.71. The number of anilines is 3. The van der Waals surface area contributed by atoms with Crippen LogP contribution in [-0.4, -0.2) is 59.2 Å². The van der Waals surface area contributed by atoms with Crippen LogP contribution in [0.3, 0.4) is 0 Å². The zero-order chi connectivity index (χ0) is 26.6. The molecule has 1 aliphatic rings. The quantitative estimate of drug-likeness (QED) is 0.338. The number of carbonyl (C=O) groups is 1. The minimum absolute atomic E-state index is 0.0907. The van der Waals surface area contributed by atoms with E-state index in [0.29, 0.717) is 41.4 Å². The first-order valence-electron chi connectivity index (χ1n) is 12.5. The Morgan fingerprint density at radius 2 is 1.76 bits per heavy atom. The Bertz CT molecular complexity index is 1470. The number of pyridine rings is 1. The van der Waals surface area contributed by atoms with Crippen LogP contribution in [0.2, 0.25) is 0 Å². The van der Waals surface area contributed by atoms with Crippen molar-refractivity contribution in [2.45, 2.75) is 25.8 Å². The SMILES string of the molecule is COc1ccc(-c2ccc3nc(N)nc(NC4CCN(C(=O)Nc5cccc(C)c5)CC4)c3n2)cc1OC. The van der Waals surface area contributed by atoms with Crippen molar-refractivity contribution in [2.24, 2.45) is 0 Å². The van der Waals surface area contributed by atoms with E-state index in [0.717, 1.165) is 35.3 Å². The fourth-order valence-corrected chi connectivity index (χ4v) is 4.63. The summed E-state index contributed by atoms with van der Waals surface area (Å²) in [6.07, 6.45) is 1.53. The molecule has 0 atom stereocenters. The summed E-state index contributed by atoms with van der Waals surface area (Å²) in [4.78, 5) is 28.3. The zero-order valence-corrected chi connectivity index (χ0v) is 21.7. The molecule has 1 saturated heterocycles. The van der Waals surface area contributed by atoms with Crippen molar-refractivity contribution < 1.29 is 14.3 Å². The molecule has 4 aromatic rings. The van der Waals surface area contributed by atoms with Crippen molar-refractivity contribution in [2.75, 3.05) is 43.7 Å². The van der Waals surface area contributed by atoms with E-state index in [9.17, 15) is 4.79 Å². The molecular weight excluding hydrogens is 482 g/mol. The van der Waals surface area contributed by atoms with Gasteiger partial charge in [0.15, 0.2) is 17.3 Å². The first-order chi connectivity index (χ1) is 18.4. The molecule has 4 N–H and O–H groups in total. The van der Waals surface area contributed by atoms with Crippen LogP contribution in [0, 0.1) is 6.92 Å². The number of nitrogen functional groups attached to an aromatic ring is 1. The molecular formula is C28H31N7O3. The van der Waals surface area contributed by atoms with Crippen LogP contribution in [0.15, 0.2) is 54.6 Å². The lowest BCUT2D eigenvalue weighted by Crippen LogP contribution is -2.44. The third-order valence-corrected chi connectivity index (χ3v) is 6.63. The molecule has 2 aromatic carbocycles. The average Bonchev–Trinajstić information content (AvgIpc) is 2.92. The van der Waals surface area contributed by atoms with Gasteiger partial charge in [0.25, 0.3) is 0 Å². The van der Waals surface area contributed by atoms with Crippen molar-refractivity contribution in [1.29, 1.82) is 0 Å². The topological polar surface area (TPSA) is 128 Å². The number of rotatable bonds is 6. The van der Waals surface area contributed by atoms with Crippen molar-refractivity contribution in [1.82, 2.24) is 19.9 Å². The molecule has 5 rings (SSSR count). The maximum absolute atomic E-state index is 12.8. The number of carbonyl (C=O) groups excluding carboxylic acids is 1. The first-order valence-corrected chi connectivity index (χ1v) is 12.5. The van der Waals surface area contributed by atoms with E-state index >= 15 is 0 Å². The number of amides is 2. The van der Waals surface area contributed by atoms with Gasteiger partial charge in [-0.2, -0.15) is 4.98 Å². The van der Waals surface area contributed by atoms with Crippen molar-refractivity contribution in [3.05, 3.63) is 60.2 Å². The number of urea groups is 1. The number of piperidine rings is 1. The Kier molecular flexibility index (Phi) is 7.12. The van der Waals surface area contributed by atoms with Gasteiger partial charge >= 0.3 is 6.03 Å². The molecule has 0 bridgehead atoms. The smallest absolute Gasteiger partial charge is 0.321 e. The van der Waals surface area contributed by atoms with Crippen LogP contribution < -0.4 is 25.8 Å². The lowest BCUT2D eigenvalue weighted by Gasteiger charge is -2.32. The van der Waals surface area contributed by atoms with Crippen molar-refractivity contribution >= 4 is 34.5 Å². The molecule has 0 aliphatic carbocycles. The molecule has 10 heteroatoms. The van der Waals surface area contributed by atoms with E-state index in [1.807, 2.05) is 66.4 Å². The van der Waals surface area contributed by atoms with E-state index in [1.54, 1.807) is 14.2 Å². The van der Waals surface area contributed by atoms with Crippen LogP contribution >= 0.6 is 0 Å². The highest BCUT2D eigenvalue weighted by Crippen LogP contribution is 2.33. The largest absolute Gasteiger partial charge is 0.493 e. The summed E-state index contributed by atoms with van der Waals surface area (Å²) in [7, 11) is 3.21. The normalized spacial score (nSPS) is 13.8. The Morgan fingerprint density at radius 1 is 0.974 bits per heavy atom. The van der Waals surface area contributed by atoms with Gasteiger partial charge in [-0.3, -0.25) is 0 Å². The standard InChI is InChI=1S/C28H31N7O3/c1-17-5-4-6-20(15-17)31-28(36)35-13-11-19(12-14-35)30-26-25-22(33-27(29)34-26)9-8-21(32-25)18-7-10-23(37-2)24(16-18)38-3/h4-10,15-16,19H,11-14H2,1-3H3,(H,31,36)(H3,29,30,33,34). The highest BCUT2D eigenvalue weighted by molar-refractivity contribution is 5.90. The number of ether oxygens (including phenoxy) is 2. The molecule has 3 heterocycles. The van der Waals surface area contributed by atoms with Crippen LogP contribution in [-0.2, 0) is 0 Å². The van der Waals surface area contributed by atoms with E-state index < -0.39 is 0 Å². The van der Waals surface area contributed by atoms with Gasteiger partial charge in [0.1, 0.15) is 5.52 Å². The minimum Gasteiger partial charge on any atom is -0.493 e.